The second-order valence-electron chi connectivity index (χ2n) is 7.19. The number of carboxylic acids is 1. The van der Waals surface area contributed by atoms with Gasteiger partial charge in [0, 0.05) is 17.4 Å². The topological polar surface area (TPSA) is 68.7 Å². The standard InChI is InChI=1S/C22H20F3NO4S/c1-21(2,20(27)28)30-17-9-7-16(8-10-17)29-12-11-19-26-18(13-31-19)14-3-5-15(6-4-14)22(23,24)25/h3-10,13H,11-12H2,1-2H3,(H,27,28). The van der Waals surface area contributed by atoms with Crippen LogP contribution < -0.4 is 9.47 Å². The van der Waals surface area contributed by atoms with E-state index in [2.05, 4.69) is 4.98 Å². The molecule has 0 aliphatic carbocycles. The van der Waals surface area contributed by atoms with Gasteiger partial charge in [0.05, 0.1) is 22.9 Å². The molecule has 1 N–H and O–H groups in total. The van der Waals surface area contributed by atoms with Crippen molar-refractivity contribution in [3.63, 3.8) is 0 Å². The summed E-state index contributed by atoms with van der Waals surface area (Å²) in [6.07, 6.45) is -3.82. The minimum atomic E-state index is -4.36. The highest BCUT2D eigenvalue weighted by Crippen LogP contribution is 2.31. The van der Waals surface area contributed by atoms with E-state index in [0.717, 1.165) is 17.1 Å². The van der Waals surface area contributed by atoms with E-state index < -0.39 is 23.3 Å². The van der Waals surface area contributed by atoms with Crippen molar-refractivity contribution >= 4 is 17.3 Å². The molecular weight excluding hydrogens is 431 g/mol. The van der Waals surface area contributed by atoms with Gasteiger partial charge in [0.1, 0.15) is 11.5 Å². The number of hydrogen-bond acceptors (Lipinski definition) is 5. The molecule has 0 saturated carbocycles. The van der Waals surface area contributed by atoms with Crippen molar-refractivity contribution in [2.24, 2.45) is 0 Å². The van der Waals surface area contributed by atoms with Crippen LogP contribution in [0.3, 0.4) is 0 Å². The number of hydrogen-bond donors (Lipinski definition) is 1. The molecule has 3 rings (SSSR count). The highest BCUT2D eigenvalue weighted by atomic mass is 32.1. The minimum absolute atomic E-state index is 0.362. The summed E-state index contributed by atoms with van der Waals surface area (Å²) < 4.78 is 49.1. The number of carbonyl (C=O) groups is 1. The van der Waals surface area contributed by atoms with Crippen molar-refractivity contribution in [3.8, 4) is 22.8 Å². The molecule has 31 heavy (non-hydrogen) atoms. The summed E-state index contributed by atoms with van der Waals surface area (Å²) in [7, 11) is 0. The molecule has 0 aliphatic rings. The van der Waals surface area contributed by atoms with Crippen molar-refractivity contribution in [2.45, 2.75) is 32.0 Å². The molecule has 0 aliphatic heterocycles. The van der Waals surface area contributed by atoms with Crippen molar-refractivity contribution in [1.82, 2.24) is 4.98 Å². The van der Waals surface area contributed by atoms with Crippen molar-refractivity contribution in [1.29, 1.82) is 0 Å². The summed E-state index contributed by atoms with van der Waals surface area (Å²) in [5.74, 6) is -0.0483. The maximum absolute atomic E-state index is 12.7. The Morgan fingerprint density at radius 2 is 1.65 bits per heavy atom. The van der Waals surface area contributed by atoms with Gasteiger partial charge in [0.25, 0.3) is 0 Å². The molecule has 1 aromatic heterocycles. The van der Waals surface area contributed by atoms with E-state index in [0.29, 0.717) is 35.8 Å². The fraction of sp³-hybridized carbons (Fsp3) is 0.273. The Bertz CT molecular complexity index is 1030. The average Bonchev–Trinajstić information content (AvgIpc) is 3.17. The normalized spacial score (nSPS) is 11.9. The monoisotopic (exact) mass is 451 g/mol. The van der Waals surface area contributed by atoms with Crippen molar-refractivity contribution in [3.05, 3.63) is 64.5 Å². The zero-order chi connectivity index (χ0) is 22.6. The van der Waals surface area contributed by atoms with Crippen molar-refractivity contribution < 1.29 is 32.5 Å². The molecule has 0 unspecified atom stereocenters. The van der Waals surface area contributed by atoms with Crippen LogP contribution in [0.25, 0.3) is 11.3 Å². The quantitative estimate of drug-likeness (QED) is 0.476. The van der Waals surface area contributed by atoms with Crippen LogP contribution in [-0.2, 0) is 17.4 Å². The third-order valence-electron chi connectivity index (χ3n) is 4.36. The summed E-state index contributed by atoms with van der Waals surface area (Å²) in [6.45, 7) is 3.29. The molecular formula is C22H20F3NO4S. The van der Waals surface area contributed by atoms with Gasteiger partial charge in [-0.2, -0.15) is 13.2 Å². The first-order valence-corrected chi connectivity index (χ1v) is 10.2. The molecule has 3 aromatic rings. The summed E-state index contributed by atoms with van der Waals surface area (Å²) in [4.78, 5) is 15.6. The molecule has 1 heterocycles. The maximum atomic E-state index is 12.7. The van der Waals surface area contributed by atoms with Crippen LogP contribution in [0.15, 0.2) is 53.9 Å². The predicted molar refractivity (Wildman–Crippen MR) is 111 cm³/mol. The van der Waals surface area contributed by atoms with E-state index in [-0.39, 0.29) is 0 Å². The first kappa shape index (κ1) is 22.6. The Labute approximate surface area is 181 Å². The van der Waals surface area contributed by atoms with E-state index in [4.69, 9.17) is 14.6 Å². The second-order valence-corrected chi connectivity index (χ2v) is 8.13. The number of benzene rings is 2. The fourth-order valence-corrected chi connectivity index (χ4v) is 3.38. The number of carboxylic acid groups (broad SMARTS) is 1. The second kappa shape index (κ2) is 8.97. The molecule has 0 fully saturated rings. The van der Waals surface area contributed by atoms with E-state index in [9.17, 15) is 18.0 Å². The number of halogens is 3. The van der Waals surface area contributed by atoms with Gasteiger partial charge in [-0.25, -0.2) is 9.78 Å². The highest BCUT2D eigenvalue weighted by molar-refractivity contribution is 7.09. The summed E-state index contributed by atoms with van der Waals surface area (Å²) in [5, 5.41) is 11.7. The molecule has 5 nitrogen and oxygen atoms in total. The molecule has 0 amide bonds. The highest BCUT2D eigenvalue weighted by Gasteiger charge is 2.30. The number of aliphatic carboxylic acids is 1. The molecule has 9 heteroatoms. The van der Waals surface area contributed by atoms with Gasteiger partial charge in [-0.1, -0.05) is 12.1 Å². The number of rotatable bonds is 8. The van der Waals surface area contributed by atoms with E-state index in [1.807, 2.05) is 0 Å². The molecule has 0 atom stereocenters. The van der Waals surface area contributed by atoms with E-state index >= 15 is 0 Å². The lowest BCUT2D eigenvalue weighted by Gasteiger charge is -2.21. The van der Waals surface area contributed by atoms with Crippen LogP contribution in [0.5, 0.6) is 11.5 Å². The smallest absolute Gasteiger partial charge is 0.416 e. The minimum Gasteiger partial charge on any atom is -0.493 e. The largest absolute Gasteiger partial charge is 0.493 e. The van der Waals surface area contributed by atoms with Crippen LogP contribution in [0.2, 0.25) is 0 Å². The number of aromatic nitrogens is 1. The molecule has 0 bridgehead atoms. The molecule has 0 radical (unpaired) electrons. The number of thiazole rings is 1. The lowest BCUT2D eigenvalue weighted by molar-refractivity contribution is -0.152. The van der Waals surface area contributed by atoms with Crippen LogP contribution in [0.4, 0.5) is 13.2 Å². The zero-order valence-corrected chi connectivity index (χ0v) is 17.6. The van der Waals surface area contributed by atoms with E-state index in [1.54, 1.807) is 29.6 Å². The van der Waals surface area contributed by atoms with E-state index in [1.165, 1.54) is 37.3 Å². The average molecular weight is 451 g/mol. The first-order chi connectivity index (χ1) is 14.5. The third kappa shape index (κ3) is 5.97. The lowest BCUT2D eigenvalue weighted by atomic mass is 10.1. The van der Waals surface area contributed by atoms with Gasteiger partial charge in [-0.15, -0.1) is 11.3 Å². The van der Waals surface area contributed by atoms with Crippen molar-refractivity contribution in [2.75, 3.05) is 6.61 Å². The van der Waals surface area contributed by atoms with Crippen LogP contribution in [-0.4, -0.2) is 28.3 Å². The number of alkyl halides is 3. The van der Waals surface area contributed by atoms with Crippen LogP contribution >= 0.6 is 11.3 Å². The van der Waals surface area contributed by atoms with Crippen LogP contribution in [0, 0.1) is 0 Å². The summed E-state index contributed by atoms with van der Waals surface area (Å²) in [6, 6.07) is 11.5. The number of nitrogens with zero attached hydrogens (tertiary/aromatic N) is 1. The number of ether oxygens (including phenoxy) is 2. The van der Waals surface area contributed by atoms with Crippen LogP contribution in [0.1, 0.15) is 24.4 Å². The van der Waals surface area contributed by atoms with Gasteiger partial charge in [-0.3, -0.25) is 0 Å². The zero-order valence-electron chi connectivity index (χ0n) is 16.8. The third-order valence-corrected chi connectivity index (χ3v) is 5.26. The molecule has 0 spiro atoms. The summed E-state index contributed by atoms with van der Waals surface area (Å²) in [5.41, 5.74) is -0.784. The maximum Gasteiger partial charge on any atom is 0.416 e. The molecule has 0 saturated heterocycles. The summed E-state index contributed by atoms with van der Waals surface area (Å²) >= 11 is 1.41. The lowest BCUT2D eigenvalue weighted by Crippen LogP contribution is -2.37. The predicted octanol–water partition coefficient (Wildman–Crippen LogP) is 5.69. The Morgan fingerprint density at radius 1 is 1.03 bits per heavy atom. The molecule has 164 valence electrons. The Kier molecular flexibility index (Phi) is 6.54. The Balaban J connectivity index is 1.53. The first-order valence-electron chi connectivity index (χ1n) is 9.32. The van der Waals surface area contributed by atoms with Gasteiger partial charge >= 0.3 is 12.1 Å². The Hall–Kier alpha value is -3.07. The van der Waals surface area contributed by atoms with Gasteiger partial charge in [0.2, 0.25) is 0 Å². The molecule has 2 aromatic carbocycles. The van der Waals surface area contributed by atoms with Gasteiger partial charge in [-0.05, 0) is 50.2 Å². The fourth-order valence-electron chi connectivity index (χ4n) is 2.59. The SMILES string of the molecule is CC(C)(Oc1ccc(OCCc2nc(-c3ccc(C(F)(F)F)cc3)cs2)cc1)C(=O)O. The van der Waals surface area contributed by atoms with Gasteiger partial charge in [0.15, 0.2) is 5.60 Å². The Morgan fingerprint density at radius 3 is 2.23 bits per heavy atom. The van der Waals surface area contributed by atoms with Gasteiger partial charge < -0.3 is 14.6 Å².